The zero-order valence-corrected chi connectivity index (χ0v) is 24.6. The van der Waals surface area contributed by atoms with Gasteiger partial charge in [0.1, 0.15) is 12.6 Å². The largest absolute Gasteiger partial charge is 0.354 e. The van der Waals surface area contributed by atoms with Crippen molar-refractivity contribution < 1.29 is 18.0 Å². The number of benzene rings is 3. The molecule has 1 N–H and O–H groups in total. The lowest BCUT2D eigenvalue weighted by atomic mass is 10.1. The van der Waals surface area contributed by atoms with Gasteiger partial charge in [-0.2, -0.15) is 0 Å². The molecule has 3 aromatic rings. The van der Waals surface area contributed by atoms with Crippen molar-refractivity contribution in [2.24, 2.45) is 0 Å². The lowest BCUT2D eigenvalue weighted by Crippen LogP contribution is -2.51. The number of halogens is 2. The van der Waals surface area contributed by atoms with Gasteiger partial charge in [-0.3, -0.25) is 13.9 Å². The van der Waals surface area contributed by atoms with Crippen molar-refractivity contribution in [3.8, 4) is 0 Å². The lowest BCUT2D eigenvalue weighted by Gasteiger charge is -2.32. The van der Waals surface area contributed by atoms with Gasteiger partial charge in [0.05, 0.1) is 10.6 Å². The molecule has 0 bridgehead atoms. The molecule has 0 saturated carbocycles. The van der Waals surface area contributed by atoms with Gasteiger partial charge in [0.2, 0.25) is 11.8 Å². The molecule has 2 amide bonds. The standard InChI is InChI=1S/C27H29Br2N3O4S/c1-3-17-30-27(34)20(2)31(18-21-9-11-22(28)12-10-21)26(33)19-32(24-15-13-23(29)14-16-24)37(35,36)25-7-5-4-6-8-25/h4-16,20H,3,17-19H2,1-2H3,(H,30,34)/t20-/m1/s1. The molecule has 1 atom stereocenters. The van der Waals surface area contributed by atoms with Crippen LogP contribution in [0.15, 0.2) is 92.7 Å². The molecule has 37 heavy (non-hydrogen) atoms. The van der Waals surface area contributed by atoms with Gasteiger partial charge in [-0.15, -0.1) is 0 Å². The first-order valence-electron chi connectivity index (χ1n) is 11.8. The van der Waals surface area contributed by atoms with Crippen molar-refractivity contribution in [3.63, 3.8) is 0 Å². The third-order valence-electron chi connectivity index (χ3n) is 5.71. The van der Waals surface area contributed by atoms with Crippen molar-refractivity contribution in [1.29, 1.82) is 0 Å². The van der Waals surface area contributed by atoms with Crippen LogP contribution in [-0.2, 0) is 26.2 Å². The minimum absolute atomic E-state index is 0.0684. The molecule has 10 heteroatoms. The van der Waals surface area contributed by atoms with Crippen LogP contribution in [0.5, 0.6) is 0 Å². The second-order valence-electron chi connectivity index (χ2n) is 8.42. The van der Waals surface area contributed by atoms with E-state index in [-0.39, 0.29) is 17.3 Å². The highest BCUT2D eigenvalue weighted by molar-refractivity contribution is 9.10. The lowest BCUT2D eigenvalue weighted by molar-refractivity contribution is -0.139. The number of amides is 2. The fraction of sp³-hybridized carbons (Fsp3) is 0.259. The normalized spacial score (nSPS) is 12.0. The first-order valence-corrected chi connectivity index (χ1v) is 14.8. The van der Waals surface area contributed by atoms with Crippen molar-refractivity contribution in [2.45, 2.75) is 37.8 Å². The van der Waals surface area contributed by atoms with Gasteiger partial charge in [-0.1, -0.05) is 69.1 Å². The molecule has 3 aromatic carbocycles. The smallest absolute Gasteiger partial charge is 0.264 e. The first-order chi connectivity index (χ1) is 17.6. The SMILES string of the molecule is CCCNC(=O)[C@@H](C)N(Cc1ccc(Br)cc1)C(=O)CN(c1ccc(Br)cc1)S(=O)(=O)c1ccccc1. The van der Waals surface area contributed by atoms with Gasteiger partial charge < -0.3 is 10.2 Å². The quantitative estimate of drug-likeness (QED) is 0.303. The minimum atomic E-state index is -4.07. The van der Waals surface area contributed by atoms with Crippen LogP contribution < -0.4 is 9.62 Å². The van der Waals surface area contributed by atoms with E-state index in [2.05, 4.69) is 37.2 Å². The highest BCUT2D eigenvalue weighted by Crippen LogP contribution is 2.26. The van der Waals surface area contributed by atoms with Crippen LogP contribution in [0.4, 0.5) is 5.69 Å². The summed E-state index contributed by atoms with van der Waals surface area (Å²) in [5, 5.41) is 2.83. The number of carbonyl (C=O) groups excluding carboxylic acids is 2. The van der Waals surface area contributed by atoms with Crippen molar-refractivity contribution >= 4 is 59.4 Å². The Morgan fingerprint density at radius 3 is 2.03 bits per heavy atom. The molecule has 3 rings (SSSR count). The molecule has 0 radical (unpaired) electrons. The van der Waals surface area contributed by atoms with Crippen molar-refractivity contribution in [3.05, 3.63) is 93.4 Å². The van der Waals surface area contributed by atoms with Crippen LogP contribution in [0, 0.1) is 0 Å². The Morgan fingerprint density at radius 1 is 0.892 bits per heavy atom. The number of anilines is 1. The predicted octanol–water partition coefficient (Wildman–Crippen LogP) is 5.35. The average molecular weight is 651 g/mol. The third kappa shape index (κ3) is 7.66. The summed E-state index contributed by atoms with van der Waals surface area (Å²) in [6, 6.07) is 21.3. The number of nitrogens with zero attached hydrogens (tertiary/aromatic N) is 2. The van der Waals surface area contributed by atoms with Gasteiger partial charge in [-0.05, 0) is 67.4 Å². The van der Waals surface area contributed by atoms with Crippen LogP contribution in [0.1, 0.15) is 25.8 Å². The summed E-state index contributed by atoms with van der Waals surface area (Å²) in [6.45, 7) is 3.75. The molecule has 0 aromatic heterocycles. The molecule has 0 saturated heterocycles. The van der Waals surface area contributed by atoms with Crippen LogP contribution in [-0.4, -0.2) is 44.3 Å². The second kappa shape index (κ2) is 13.2. The van der Waals surface area contributed by atoms with E-state index in [0.717, 1.165) is 25.2 Å². The Morgan fingerprint density at radius 2 is 1.46 bits per heavy atom. The summed E-state index contributed by atoms with van der Waals surface area (Å²) in [4.78, 5) is 28.1. The van der Waals surface area contributed by atoms with Crippen molar-refractivity contribution in [1.82, 2.24) is 10.2 Å². The molecule has 0 heterocycles. The predicted molar refractivity (Wildman–Crippen MR) is 153 cm³/mol. The van der Waals surface area contributed by atoms with E-state index in [0.29, 0.717) is 12.2 Å². The molecule has 7 nitrogen and oxygen atoms in total. The van der Waals surface area contributed by atoms with E-state index in [9.17, 15) is 18.0 Å². The highest BCUT2D eigenvalue weighted by Gasteiger charge is 2.32. The summed E-state index contributed by atoms with van der Waals surface area (Å²) < 4.78 is 30.1. The van der Waals surface area contributed by atoms with E-state index in [1.807, 2.05) is 31.2 Å². The molecule has 0 aliphatic carbocycles. The fourth-order valence-corrected chi connectivity index (χ4v) is 5.58. The summed E-state index contributed by atoms with van der Waals surface area (Å²) >= 11 is 6.78. The maximum absolute atomic E-state index is 13.8. The van der Waals surface area contributed by atoms with E-state index in [4.69, 9.17) is 0 Å². The van der Waals surface area contributed by atoms with E-state index < -0.39 is 28.5 Å². The zero-order chi connectivity index (χ0) is 27.0. The molecule has 0 unspecified atom stereocenters. The minimum Gasteiger partial charge on any atom is -0.354 e. The number of carbonyl (C=O) groups is 2. The number of sulfonamides is 1. The Bertz CT molecular complexity index is 1300. The number of hydrogen-bond donors (Lipinski definition) is 1. The molecular weight excluding hydrogens is 622 g/mol. The van der Waals surface area contributed by atoms with Crippen LogP contribution in [0.2, 0.25) is 0 Å². The fourth-order valence-electron chi connectivity index (χ4n) is 3.62. The number of rotatable bonds is 11. The second-order valence-corrected chi connectivity index (χ2v) is 12.1. The number of hydrogen-bond acceptors (Lipinski definition) is 4. The van der Waals surface area contributed by atoms with E-state index in [1.165, 1.54) is 17.0 Å². The molecule has 0 spiro atoms. The van der Waals surface area contributed by atoms with Gasteiger partial charge in [0.15, 0.2) is 0 Å². The Labute approximate surface area is 235 Å². The topological polar surface area (TPSA) is 86.8 Å². The highest BCUT2D eigenvalue weighted by atomic mass is 79.9. The number of nitrogens with one attached hydrogen (secondary N) is 1. The Balaban J connectivity index is 1.99. The Hall–Kier alpha value is -2.69. The van der Waals surface area contributed by atoms with Gasteiger partial charge in [-0.25, -0.2) is 8.42 Å². The summed E-state index contributed by atoms with van der Waals surface area (Å²) in [7, 11) is -4.07. The van der Waals surface area contributed by atoms with Crippen LogP contribution in [0.25, 0.3) is 0 Å². The van der Waals surface area contributed by atoms with Gasteiger partial charge >= 0.3 is 0 Å². The third-order valence-corrected chi connectivity index (χ3v) is 8.55. The average Bonchev–Trinajstić information content (AvgIpc) is 2.90. The summed E-state index contributed by atoms with van der Waals surface area (Å²) in [6.07, 6.45) is 0.756. The van der Waals surface area contributed by atoms with Gasteiger partial charge in [0, 0.05) is 22.0 Å². The van der Waals surface area contributed by atoms with E-state index in [1.54, 1.807) is 49.4 Å². The Kier molecular flexibility index (Phi) is 10.3. The van der Waals surface area contributed by atoms with Crippen LogP contribution in [0.3, 0.4) is 0 Å². The molecule has 196 valence electrons. The maximum atomic E-state index is 13.8. The van der Waals surface area contributed by atoms with Crippen LogP contribution >= 0.6 is 31.9 Å². The van der Waals surface area contributed by atoms with Crippen molar-refractivity contribution in [2.75, 3.05) is 17.4 Å². The molecule has 0 aliphatic rings. The van der Waals surface area contributed by atoms with E-state index >= 15 is 0 Å². The summed E-state index contributed by atoms with van der Waals surface area (Å²) in [5.74, 6) is -0.794. The monoisotopic (exact) mass is 649 g/mol. The molecular formula is C27H29Br2N3O4S. The summed E-state index contributed by atoms with van der Waals surface area (Å²) in [5.41, 5.74) is 1.15. The molecule has 0 aliphatic heterocycles. The maximum Gasteiger partial charge on any atom is 0.264 e. The van der Waals surface area contributed by atoms with Gasteiger partial charge in [0.25, 0.3) is 10.0 Å². The zero-order valence-electron chi connectivity index (χ0n) is 20.6. The first kappa shape index (κ1) is 28.9. The molecule has 0 fully saturated rings.